The third kappa shape index (κ3) is 4.94. The van der Waals surface area contributed by atoms with E-state index in [1.54, 1.807) is 6.33 Å². The van der Waals surface area contributed by atoms with Gasteiger partial charge in [-0.25, -0.2) is 15.0 Å². The lowest BCUT2D eigenvalue weighted by atomic mass is 9.76. The summed E-state index contributed by atoms with van der Waals surface area (Å²) in [4.78, 5) is 27.2. The summed E-state index contributed by atoms with van der Waals surface area (Å²) in [7, 11) is 0. The molecule has 37 heavy (non-hydrogen) atoms. The molecule has 2 aromatic heterocycles. The van der Waals surface area contributed by atoms with Gasteiger partial charge < -0.3 is 24.7 Å². The van der Waals surface area contributed by atoms with Gasteiger partial charge in [0, 0.05) is 25.0 Å². The van der Waals surface area contributed by atoms with Crippen molar-refractivity contribution in [2.24, 2.45) is 5.92 Å². The van der Waals surface area contributed by atoms with Crippen LogP contribution in [0.2, 0.25) is 0 Å². The molecule has 0 aromatic carbocycles. The topological polar surface area (TPSA) is 127 Å². The van der Waals surface area contributed by atoms with Crippen LogP contribution >= 0.6 is 0 Å². The molecule has 2 N–H and O–H groups in total. The van der Waals surface area contributed by atoms with Crippen LogP contribution in [0.15, 0.2) is 12.7 Å². The highest BCUT2D eigenvalue weighted by Crippen LogP contribution is 2.48. The Morgan fingerprint density at radius 1 is 1.30 bits per heavy atom. The lowest BCUT2D eigenvalue weighted by Gasteiger charge is -2.46. The van der Waals surface area contributed by atoms with Crippen molar-refractivity contribution in [1.82, 2.24) is 24.4 Å². The molecule has 0 unspecified atom stereocenters. The number of hydrogen-bond acceptors (Lipinski definition) is 10. The molecule has 0 bridgehead atoms. The number of imidazole rings is 1. The van der Waals surface area contributed by atoms with Crippen molar-refractivity contribution in [3.63, 3.8) is 0 Å². The van der Waals surface area contributed by atoms with E-state index in [0.29, 0.717) is 54.6 Å². The SMILES string of the molecule is CCOC(=O)CCCC1CC(N(C[C@H]2OC[C@]3(n4cnc5c(N)ncnc54)OC(C)(C)O[C@H]23)C(C)C)C1. The van der Waals surface area contributed by atoms with Crippen LogP contribution in [0.4, 0.5) is 5.82 Å². The number of hydrogen-bond donors (Lipinski definition) is 1. The van der Waals surface area contributed by atoms with E-state index in [9.17, 15) is 4.79 Å². The first-order valence-electron chi connectivity index (χ1n) is 13.5. The normalized spacial score (nSPS) is 30.7. The summed E-state index contributed by atoms with van der Waals surface area (Å²) in [5, 5.41) is 0. The Kier molecular flexibility index (Phi) is 7.16. The number of aromatic nitrogens is 4. The van der Waals surface area contributed by atoms with Crippen molar-refractivity contribution in [3.05, 3.63) is 12.7 Å². The molecule has 1 aliphatic carbocycles. The van der Waals surface area contributed by atoms with Crippen LogP contribution < -0.4 is 5.73 Å². The Balaban J connectivity index is 1.27. The van der Waals surface area contributed by atoms with E-state index in [1.807, 2.05) is 25.3 Å². The monoisotopic (exact) mass is 516 g/mol. The molecule has 11 nitrogen and oxygen atoms in total. The second kappa shape index (κ2) is 10.1. The molecule has 3 aliphatic rings. The van der Waals surface area contributed by atoms with E-state index in [1.165, 1.54) is 6.33 Å². The zero-order valence-electron chi connectivity index (χ0n) is 22.6. The average molecular weight is 517 g/mol. The summed E-state index contributed by atoms with van der Waals surface area (Å²) >= 11 is 0. The van der Waals surface area contributed by atoms with Crippen LogP contribution in [0, 0.1) is 5.92 Å². The number of carbonyl (C=O) groups is 1. The molecule has 0 radical (unpaired) electrons. The van der Waals surface area contributed by atoms with Crippen LogP contribution in [-0.4, -0.2) is 80.2 Å². The number of nitrogens with two attached hydrogens (primary N) is 1. The summed E-state index contributed by atoms with van der Waals surface area (Å²) in [6, 6.07) is 0.851. The maximum absolute atomic E-state index is 11.6. The van der Waals surface area contributed by atoms with Gasteiger partial charge in [-0.2, -0.15) is 0 Å². The number of anilines is 1. The van der Waals surface area contributed by atoms with E-state index in [2.05, 4.69) is 33.7 Å². The molecular weight excluding hydrogens is 476 g/mol. The van der Waals surface area contributed by atoms with Gasteiger partial charge in [0.15, 0.2) is 17.3 Å². The lowest BCUT2D eigenvalue weighted by Crippen LogP contribution is -2.53. The van der Waals surface area contributed by atoms with Crippen LogP contribution in [-0.2, 0) is 29.5 Å². The molecule has 11 heteroatoms. The van der Waals surface area contributed by atoms with Gasteiger partial charge in [-0.1, -0.05) is 0 Å². The summed E-state index contributed by atoms with van der Waals surface area (Å²) in [5.74, 6) is 0.103. The Bertz CT molecular complexity index is 1120. The predicted octanol–water partition coefficient (Wildman–Crippen LogP) is 2.83. The van der Waals surface area contributed by atoms with Crippen LogP contribution in [0.5, 0.6) is 0 Å². The molecule has 2 aliphatic heterocycles. The third-order valence-electron chi connectivity index (χ3n) is 7.92. The zero-order valence-corrected chi connectivity index (χ0v) is 22.6. The van der Waals surface area contributed by atoms with E-state index in [0.717, 1.165) is 32.2 Å². The van der Waals surface area contributed by atoms with Crippen molar-refractivity contribution in [3.8, 4) is 0 Å². The van der Waals surface area contributed by atoms with Crippen molar-refractivity contribution in [2.45, 2.75) is 103 Å². The molecular formula is C26H40N6O5. The Morgan fingerprint density at radius 2 is 2.08 bits per heavy atom. The lowest BCUT2D eigenvalue weighted by molar-refractivity contribution is -0.206. The van der Waals surface area contributed by atoms with Gasteiger partial charge in [-0.05, 0) is 66.2 Å². The molecule has 204 valence electrons. The fraction of sp³-hybridized carbons (Fsp3) is 0.769. The third-order valence-corrected chi connectivity index (χ3v) is 7.92. The van der Waals surface area contributed by atoms with Gasteiger partial charge in [0.2, 0.25) is 5.72 Å². The van der Waals surface area contributed by atoms with Gasteiger partial charge in [0.05, 0.1) is 19.5 Å². The van der Waals surface area contributed by atoms with Gasteiger partial charge >= 0.3 is 5.97 Å². The molecule has 2 saturated heterocycles. The second-order valence-corrected chi connectivity index (χ2v) is 11.3. The fourth-order valence-corrected chi connectivity index (χ4v) is 6.20. The average Bonchev–Trinajstić information content (AvgIpc) is 3.45. The summed E-state index contributed by atoms with van der Waals surface area (Å²) < 4.78 is 26.4. The number of nitrogen functional groups attached to an aromatic ring is 1. The zero-order chi connectivity index (χ0) is 26.4. The fourth-order valence-electron chi connectivity index (χ4n) is 6.20. The molecule has 0 spiro atoms. The van der Waals surface area contributed by atoms with Gasteiger partial charge in [-0.15, -0.1) is 0 Å². The van der Waals surface area contributed by atoms with Crippen LogP contribution in [0.1, 0.15) is 66.7 Å². The quantitative estimate of drug-likeness (QED) is 0.471. The van der Waals surface area contributed by atoms with E-state index < -0.39 is 11.5 Å². The maximum atomic E-state index is 11.6. The highest BCUT2D eigenvalue weighted by atomic mass is 16.8. The van der Waals surface area contributed by atoms with Gasteiger partial charge in [-0.3, -0.25) is 14.3 Å². The first-order chi connectivity index (χ1) is 17.6. The maximum Gasteiger partial charge on any atom is 0.305 e. The summed E-state index contributed by atoms with van der Waals surface area (Å²) in [5.41, 5.74) is 6.31. The molecule has 5 rings (SSSR count). The molecule has 3 fully saturated rings. The minimum atomic E-state index is -0.887. The first-order valence-corrected chi connectivity index (χ1v) is 13.5. The van der Waals surface area contributed by atoms with E-state index >= 15 is 0 Å². The molecule has 0 amide bonds. The highest BCUT2D eigenvalue weighted by Gasteiger charge is 2.63. The number of nitrogens with zero attached hydrogens (tertiary/aromatic N) is 5. The highest BCUT2D eigenvalue weighted by molar-refractivity contribution is 5.81. The van der Waals surface area contributed by atoms with Crippen molar-refractivity contribution >= 4 is 23.0 Å². The van der Waals surface area contributed by atoms with Crippen molar-refractivity contribution in [1.29, 1.82) is 0 Å². The minimum Gasteiger partial charge on any atom is -0.466 e. The Morgan fingerprint density at radius 3 is 2.81 bits per heavy atom. The number of esters is 1. The molecule has 4 heterocycles. The number of rotatable bonds is 10. The first kappa shape index (κ1) is 26.3. The Hall–Kier alpha value is -2.34. The number of ether oxygens (including phenoxy) is 4. The van der Waals surface area contributed by atoms with E-state index in [4.69, 9.17) is 24.7 Å². The Labute approximate surface area is 218 Å². The molecule has 3 atom stereocenters. The van der Waals surface area contributed by atoms with Crippen molar-refractivity contribution < 1.29 is 23.7 Å². The molecule has 1 saturated carbocycles. The predicted molar refractivity (Wildman–Crippen MR) is 136 cm³/mol. The molecule has 2 aromatic rings. The summed E-state index contributed by atoms with van der Waals surface area (Å²) in [6.07, 6.45) is 7.36. The second-order valence-electron chi connectivity index (χ2n) is 11.3. The number of carbonyl (C=O) groups excluding carboxylic acids is 1. The van der Waals surface area contributed by atoms with E-state index in [-0.39, 0.29) is 18.2 Å². The van der Waals surface area contributed by atoms with Gasteiger partial charge in [0.25, 0.3) is 0 Å². The number of fused-ring (bicyclic) bond motifs is 2. The standard InChI is InChI=1S/C26H40N6O5/c1-6-34-20(33)9-7-8-17-10-18(11-17)31(16(2)3)12-19-22-26(13-35-19,37-25(4,5)36-22)32-15-30-21-23(27)28-14-29-24(21)32/h14-19,22H,6-13H2,1-5H3,(H2,27,28,29)/t17?,18?,19-,22-,26+/m1/s1. The summed E-state index contributed by atoms with van der Waals surface area (Å²) in [6.45, 7) is 11.7. The van der Waals surface area contributed by atoms with Gasteiger partial charge in [0.1, 0.15) is 24.1 Å². The van der Waals surface area contributed by atoms with Crippen molar-refractivity contribution in [2.75, 3.05) is 25.5 Å². The van der Waals surface area contributed by atoms with Crippen LogP contribution in [0.3, 0.4) is 0 Å². The largest absolute Gasteiger partial charge is 0.466 e. The van der Waals surface area contributed by atoms with Crippen LogP contribution in [0.25, 0.3) is 11.2 Å². The minimum absolute atomic E-state index is 0.0921. The smallest absolute Gasteiger partial charge is 0.305 e.